The second-order valence-corrected chi connectivity index (χ2v) is 11.3. The predicted octanol–water partition coefficient (Wildman–Crippen LogP) is 8.17. The van der Waals surface area contributed by atoms with Crippen molar-refractivity contribution in [3.8, 4) is 0 Å². The molecule has 1 N–H and O–H groups in total. The van der Waals surface area contributed by atoms with E-state index in [-0.39, 0.29) is 17.0 Å². The number of hydrogen-bond acceptors (Lipinski definition) is 5. The number of nitrogens with one attached hydrogen (secondary N) is 1. The van der Waals surface area contributed by atoms with Crippen molar-refractivity contribution in [2.45, 2.75) is 91.9 Å². The van der Waals surface area contributed by atoms with E-state index in [9.17, 15) is 9.59 Å². The molecule has 0 radical (unpaired) electrons. The highest BCUT2D eigenvalue weighted by Crippen LogP contribution is 2.38. The van der Waals surface area contributed by atoms with E-state index in [1.165, 1.54) is 36.1 Å². The Kier molecular flexibility index (Phi) is 11.7. The van der Waals surface area contributed by atoms with Gasteiger partial charge in [0.05, 0.1) is 12.7 Å². The van der Waals surface area contributed by atoms with Crippen LogP contribution in [0, 0.1) is 12.3 Å². The maximum absolute atomic E-state index is 13.2. The molecule has 1 unspecified atom stereocenters. The van der Waals surface area contributed by atoms with Crippen LogP contribution in [0.15, 0.2) is 46.3 Å². The lowest BCUT2D eigenvalue weighted by Gasteiger charge is -2.27. The molecule has 2 aromatic heterocycles. The standard InChI is InChI=1S/C30H43NO4S/c1-8-10-11-15-24-16-17-25(36-24)20-30(5,6)22(4)27-21(3)19-26(35-28(27)32)23(9-2)14-12-13-18-31-29(33)34-7/h13,16-19,23H,4,8-12,14-15,20H2,1-3,5-7H3,(H,31,33)/b18-13+. The largest absolute Gasteiger partial charge is 0.453 e. The molecule has 0 aliphatic carbocycles. The van der Waals surface area contributed by atoms with Gasteiger partial charge in [-0.1, -0.05) is 53.2 Å². The number of aryl methyl sites for hydroxylation is 2. The topological polar surface area (TPSA) is 68.5 Å². The van der Waals surface area contributed by atoms with E-state index in [0.29, 0.717) is 11.3 Å². The minimum Gasteiger partial charge on any atom is -0.453 e. The van der Waals surface area contributed by atoms with Gasteiger partial charge in [-0.3, -0.25) is 5.32 Å². The number of alkyl carbamates (subject to hydrolysis) is 1. The van der Waals surface area contributed by atoms with Crippen LogP contribution in [0.3, 0.4) is 0 Å². The van der Waals surface area contributed by atoms with Crippen molar-refractivity contribution in [1.29, 1.82) is 0 Å². The zero-order valence-corrected chi connectivity index (χ0v) is 23.7. The van der Waals surface area contributed by atoms with Crippen LogP contribution in [0.25, 0.3) is 5.57 Å². The number of carbonyl (C=O) groups excluding carboxylic acids is 1. The summed E-state index contributed by atoms with van der Waals surface area (Å²) in [5.41, 5.74) is 1.75. The van der Waals surface area contributed by atoms with Crippen molar-refractivity contribution in [3.05, 3.63) is 74.1 Å². The Morgan fingerprint density at radius 1 is 1.25 bits per heavy atom. The summed E-state index contributed by atoms with van der Waals surface area (Å²) in [5.74, 6) is 0.824. The molecule has 198 valence electrons. The first-order valence-electron chi connectivity index (χ1n) is 13.0. The van der Waals surface area contributed by atoms with Gasteiger partial charge in [0.2, 0.25) is 0 Å². The first-order valence-corrected chi connectivity index (χ1v) is 13.9. The summed E-state index contributed by atoms with van der Waals surface area (Å²) < 4.78 is 10.4. The molecule has 0 saturated carbocycles. The van der Waals surface area contributed by atoms with Gasteiger partial charge in [-0.25, -0.2) is 9.59 Å². The fourth-order valence-electron chi connectivity index (χ4n) is 4.39. The van der Waals surface area contributed by atoms with E-state index < -0.39 is 6.09 Å². The van der Waals surface area contributed by atoms with E-state index in [4.69, 9.17) is 4.42 Å². The van der Waals surface area contributed by atoms with Crippen molar-refractivity contribution < 1.29 is 13.9 Å². The van der Waals surface area contributed by atoms with Crippen LogP contribution < -0.4 is 10.9 Å². The highest BCUT2D eigenvalue weighted by Gasteiger charge is 2.28. The van der Waals surface area contributed by atoms with Crippen molar-refractivity contribution >= 4 is 23.0 Å². The van der Waals surface area contributed by atoms with Crippen molar-refractivity contribution in [1.82, 2.24) is 5.32 Å². The Morgan fingerprint density at radius 2 is 1.97 bits per heavy atom. The number of methoxy groups -OCH3 is 1. The van der Waals surface area contributed by atoms with Gasteiger partial charge < -0.3 is 9.15 Å². The quantitative estimate of drug-likeness (QED) is 0.259. The van der Waals surface area contributed by atoms with Crippen molar-refractivity contribution in [2.24, 2.45) is 5.41 Å². The maximum Gasteiger partial charge on any atom is 0.410 e. The molecule has 36 heavy (non-hydrogen) atoms. The lowest BCUT2D eigenvalue weighted by atomic mass is 9.77. The minimum atomic E-state index is -0.495. The smallest absolute Gasteiger partial charge is 0.410 e. The number of amides is 1. The number of hydrogen-bond donors (Lipinski definition) is 1. The molecule has 0 aliphatic heterocycles. The van der Waals surface area contributed by atoms with Crippen LogP contribution in [-0.2, 0) is 17.6 Å². The normalized spacial score (nSPS) is 12.6. The highest BCUT2D eigenvalue weighted by atomic mass is 32.1. The van der Waals surface area contributed by atoms with E-state index in [1.807, 2.05) is 30.4 Å². The van der Waals surface area contributed by atoms with Gasteiger partial charge in [0.15, 0.2) is 0 Å². The van der Waals surface area contributed by atoms with Gasteiger partial charge in [0.25, 0.3) is 0 Å². The first kappa shape index (κ1) is 29.6. The summed E-state index contributed by atoms with van der Waals surface area (Å²) in [6.45, 7) is 15.0. The average Bonchev–Trinajstić information content (AvgIpc) is 3.27. The molecule has 0 saturated heterocycles. The monoisotopic (exact) mass is 513 g/mol. The summed E-state index contributed by atoms with van der Waals surface area (Å²) in [7, 11) is 1.33. The Balaban J connectivity index is 2.11. The maximum atomic E-state index is 13.2. The number of ether oxygens (including phenoxy) is 1. The summed E-state index contributed by atoms with van der Waals surface area (Å²) in [4.78, 5) is 27.0. The van der Waals surface area contributed by atoms with Gasteiger partial charge in [-0.15, -0.1) is 11.3 Å². The average molecular weight is 514 g/mol. The Hall–Kier alpha value is -2.60. The zero-order chi connectivity index (χ0) is 26.7. The van der Waals surface area contributed by atoms with Crippen LogP contribution in [0.1, 0.15) is 98.8 Å². The summed E-state index contributed by atoms with van der Waals surface area (Å²) in [6, 6.07) is 6.47. The molecule has 2 heterocycles. The number of carbonyl (C=O) groups is 1. The van der Waals surface area contributed by atoms with Crippen molar-refractivity contribution in [3.63, 3.8) is 0 Å². The molecular formula is C30H43NO4S. The first-order chi connectivity index (χ1) is 17.1. The zero-order valence-electron chi connectivity index (χ0n) is 22.9. The summed E-state index contributed by atoms with van der Waals surface area (Å²) in [5, 5.41) is 2.52. The summed E-state index contributed by atoms with van der Waals surface area (Å²) in [6.07, 6.45) is 11.1. The molecule has 6 heteroatoms. The molecule has 0 fully saturated rings. The molecule has 1 amide bonds. The Morgan fingerprint density at radius 3 is 2.61 bits per heavy atom. The Bertz CT molecular complexity index is 1090. The second-order valence-electron chi connectivity index (χ2n) is 10.1. The van der Waals surface area contributed by atoms with E-state index in [2.05, 4.69) is 56.5 Å². The van der Waals surface area contributed by atoms with Gasteiger partial charge in [0, 0.05) is 21.9 Å². The second kappa shape index (κ2) is 14.2. The lowest BCUT2D eigenvalue weighted by molar-refractivity contribution is 0.175. The molecule has 0 aliphatic rings. The molecule has 0 aromatic carbocycles. The van der Waals surface area contributed by atoms with Crippen LogP contribution in [0.2, 0.25) is 0 Å². The van der Waals surface area contributed by atoms with E-state index in [1.54, 1.807) is 6.20 Å². The fraction of sp³-hybridized carbons (Fsp3) is 0.533. The third kappa shape index (κ3) is 8.51. The highest BCUT2D eigenvalue weighted by molar-refractivity contribution is 7.12. The molecule has 0 bridgehead atoms. The van der Waals surface area contributed by atoms with Gasteiger partial charge >= 0.3 is 11.7 Å². The molecular weight excluding hydrogens is 470 g/mol. The van der Waals surface area contributed by atoms with Crippen LogP contribution in [0.5, 0.6) is 0 Å². The number of thiophene rings is 1. The number of allylic oxidation sites excluding steroid dienone is 2. The van der Waals surface area contributed by atoms with E-state index in [0.717, 1.165) is 43.2 Å². The molecule has 0 spiro atoms. The molecule has 2 aromatic rings. The summed E-state index contributed by atoms with van der Waals surface area (Å²) >= 11 is 1.88. The molecule has 2 rings (SSSR count). The lowest BCUT2D eigenvalue weighted by Crippen LogP contribution is -2.22. The fourth-order valence-corrected chi connectivity index (χ4v) is 5.68. The number of unbranched alkanes of at least 4 members (excludes halogenated alkanes) is 2. The molecule has 5 nitrogen and oxygen atoms in total. The third-order valence-electron chi connectivity index (χ3n) is 6.73. The molecule has 1 atom stereocenters. The Labute approximate surface area is 220 Å². The number of rotatable bonds is 14. The van der Waals surface area contributed by atoms with Gasteiger partial charge in [-0.2, -0.15) is 0 Å². The van der Waals surface area contributed by atoms with Crippen LogP contribution in [-0.4, -0.2) is 13.2 Å². The predicted molar refractivity (Wildman–Crippen MR) is 151 cm³/mol. The van der Waals surface area contributed by atoms with Gasteiger partial charge in [-0.05, 0) is 80.2 Å². The van der Waals surface area contributed by atoms with Gasteiger partial charge in [0.1, 0.15) is 5.76 Å². The van der Waals surface area contributed by atoms with Crippen molar-refractivity contribution in [2.75, 3.05) is 7.11 Å². The van der Waals surface area contributed by atoms with Crippen LogP contribution >= 0.6 is 11.3 Å². The SMILES string of the molecule is C=C(c1c(C)cc(C(CC)CC/C=C/NC(=O)OC)oc1=O)C(C)(C)Cc1ccc(CCCCC)s1. The van der Waals surface area contributed by atoms with Crippen LogP contribution in [0.4, 0.5) is 4.79 Å². The minimum absolute atomic E-state index is 0.117. The third-order valence-corrected chi connectivity index (χ3v) is 7.87. The van der Waals surface area contributed by atoms with E-state index >= 15 is 0 Å².